The topological polar surface area (TPSA) is 69.6 Å². The van der Waals surface area contributed by atoms with Crippen molar-refractivity contribution in [3.8, 4) is 0 Å². The van der Waals surface area contributed by atoms with E-state index in [0.29, 0.717) is 0 Å². The summed E-state index contributed by atoms with van der Waals surface area (Å²) in [6.45, 7) is 9.11. The Balaban J connectivity index is 4.54. The Hall–Kier alpha value is -1.10. The minimum atomic E-state index is -0.919. The van der Waals surface area contributed by atoms with Gasteiger partial charge in [0.25, 0.3) is 0 Å². The second-order valence-corrected chi connectivity index (χ2v) is 4.50. The van der Waals surface area contributed by atoms with Gasteiger partial charge in [-0.15, -0.1) is 0 Å². The van der Waals surface area contributed by atoms with Crippen LogP contribution in [0.5, 0.6) is 0 Å². The average Bonchev–Trinajstić information content (AvgIpc) is 2.11. The number of nitrogens with zero attached hydrogens (tertiary/aromatic N) is 1. The van der Waals surface area contributed by atoms with Crippen LogP contribution in [0.2, 0.25) is 0 Å². The summed E-state index contributed by atoms with van der Waals surface area (Å²) in [5.41, 5.74) is 0. The molecule has 0 aromatic carbocycles. The fraction of sp³-hybridized carbons (Fsp3) is 0.818. The lowest BCUT2D eigenvalue weighted by Gasteiger charge is -2.30. The second kappa shape index (κ2) is 6.48. The number of carbonyl (C=O) groups is 2. The first-order valence-corrected chi connectivity index (χ1v) is 5.53. The fourth-order valence-corrected chi connectivity index (χ4v) is 1.48. The number of rotatable bonds is 6. The van der Waals surface area contributed by atoms with Crippen LogP contribution in [0, 0.1) is 0 Å². The third-order valence-electron chi connectivity index (χ3n) is 2.29. The van der Waals surface area contributed by atoms with Gasteiger partial charge >= 0.3 is 5.97 Å². The number of nitrogens with one attached hydrogen (secondary N) is 1. The molecule has 0 saturated carbocycles. The van der Waals surface area contributed by atoms with Gasteiger partial charge in [0.1, 0.15) is 0 Å². The summed E-state index contributed by atoms with van der Waals surface area (Å²) >= 11 is 0. The lowest BCUT2D eigenvalue weighted by Crippen LogP contribution is -2.51. The zero-order chi connectivity index (χ0) is 12.9. The monoisotopic (exact) mass is 230 g/mol. The summed E-state index contributed by atoms with van der Waals surface area (Å²) in [5.74, 6) is -1.05. The van der Waals surface area contributed by atoms with Gasteiger partial charge in [-0.05, 0) is 34.6 Å². The predicted octanol–water partition coefficient (Wildman–Crippen LogP) is 0.695. The molecule has 1 amide bonds. The van der Waals surface area contributed by atoms with E-state index >= 15 is 0 Å². The molecule has 16 heavy (non-hydrogen) atoms. The maximum absolute atomic E-state index is 11.7. The molecular weight excluding hydrogens is 208 g/mol. The first kappa shape index (κ1) is 14.9. The van der Waals surface area contributed by atoms with Crippen LogP contribution in [0.25, 0.3) is 0 Å². The zero-order valence-electron chi connectivity index (χ0n) is 10.7. The number of hydrogen-bond acceptors (Lipinski definition) is 3. The van der Waals surface area contributed by atoms with E-state index in [1.807, 2.05) is 27.7 Å². The highest BCUT2D eigenvalue weighted by atomic mass is 16.4. The molecule has 1 atom stereocenters. The SMILES string of the molecule is CC(C)NC(=O)C(C)N(CC(=O)O)C(C)C. The molecule has 0 aliphatic heterocycles. The molecule has 0 aliphatic carbocycles. The van der Waals surface area contributed by atoms with Crippen molar-refractivity contribution in [1.82, 2.24) is 10.2 Å². The molecule has 94 valence electrons. The summed E-state index contributed by atoms with van der Waals surface area (Å²) in [4.78, 5) is 24.1. The first-order valence-electron chi connectivity index (χ1n) is 5.53. The lowest BCUT2D eigenvalue weighted by molar-refractivity contribution is -0.140. The quantitative estimate of drug-likeness (QED) is 0.704. The summed E-state index contributed by atoms with van der Waals surface area (Å²) in [6.07, 6.45) is 0. The van der Waals surface area contributed by atoms with E-state index in [1.54, 1.807) is 11.8 Å². The average molecular weight is 230 g/mol. The van der Waals surface area contributed by atoms with Gasteiger partial charge in [0, 0.05) is 12.1 Å². The van der Waals surface area contributed by atoms with Crippen molar-refractivity contribution in [3.63, 3.8) is 0 Å². The van der Waals surface area contributed by atoms with E-state index in [-0.39, 0.29) is 24.5 Å². The summed E-state index contributed by atoms with van der Waals surface area (Å²) in [7, 11) is 0. The molecular formula is C11H22N2O3. The third-order valence-corrected chi connectivity index (χ3v) is 2.29. The minimum Gasteiger partial charge on any atom is -0.480 e. The Morgan fingerprint density at radius 3 is 2.00 bits per heavy atom. The van der Waals surface area contributed by atoms with Gasteiger partial charge in [-0.3, -0.25) is 14.5 Å². The normalized spacial score (nSPS) is 13.2. The molecule has 1 unspecified atom stereocenters. The van der Waals surface area contributed by atoms with Gasteiger partial charge in [0.15, 0.2) is 0 Å². The summed E-state index contributed by atoms with van der Waals surface area (Å²) in [6, 6.07) is -0.351. The third kappa shape index (κ3) is 5.11. The van der Waals surface area contributed by atoms with Gasteiger partial charge < -0.3 is 10.4 Å². The highest BCUT2D eigenvalue weighted by Gasteiger charge is 2.25. The Kier molecular flexibility index (Phi) is 6.03. The number of amides is 1. The van der Waals surface area contributed by atoms with Crippen LogP contribution in [0.3, 0.4) is 0 Å². The van der Waals surface area contributed by atoms with E-state index in [2.05, 4.69) is 5.32 Å². The highest BCUT2D eigenvalue weighted by molar-refractivity contribution is 5.82. The summed E-state index contributed by atoms with van der Waals surface area (Å²) in [5, 5.41) is 11.5. The largest absolute Gasteiger partial charge is 0.480 e. The molecule has 5 nitrogen and oxygen atoms in total. The molecule has 0 fully saturated rings. The summed E-state index contributed by atoms with van der Waals surface area (Å²) < 4.78 is 0. The van der Waals surface area contributed by atoms with Crippen molar-refractivity contribution in [2.75, 3.05) is 6.54 Å². The molecule has 0 rings (SSSR count). The van der Waals surface area contributed by atoms with E-state index < -0.39 is 12.0 Å². The van der Waals surface area contributed by atoms with Crippen LogP contribution in [-0.4, -0.2) is 46.6 Å². The van der Waals surface area contributed by atoms with Crippen molar-refractivity contribution in [2.45, 2.75) is 52.7 Å². The predicted molar refractivity (Wildman–Crippen MR) is 62.2 cm³/mol. The van der Waals surface area contributed by atoms with Gasteiger partial charge in [-0.1, -0.05) is 0 Å². The molecule has 0 spiro atoms. The minimum absolute atomic E-state index is 0.0176. The Labute approximate surface area is 96.8 Å². The number of carboxylic acids is 1. The number of aliphatic carboxylic acids is 1. The first-order chi connectivity index (χ1) is 7.25. The van der Waals surface area contributed by atoms with Crippen molar-refractivity contribution < 1.29 is 14.7 Å². The molecule has 0 bridgehead atoms. The van der Waals surface area contributed by atoms with Gasteiger partial charge in [-0.25, -0.2) is 0 Å². The van der Waals surface area contributed by atoms with Crippen LogP contribution >= 0.6 is 0 Å². The van der Waals surface area contributed by atoms with Crippen molar-refractivity contribution >= 4 is 11.9 Å². The second-order valence-electron chi connectivity index (χ2n) is 4.50. The fourth-order valence-electron chi connectivity index (χ4n) is 1.48. The van der Waals surface area contributed by atoms with E-state index in [9.17, 15) is 9.59 Å². The van der Waals surface area contributed by atoms with E-state index in [4.69, 9.17) is 5.11 Å². The number of carboxylic acid groups (broad SMARTS) is 1. The van der Waals surface area contributed by atoms with Gasteiger partial charge in [0.2, 0.25) is 5.91 Å². The van der Waals surface area contributed by atoms with Crippen molar-refractivity contribution in [2.24, 2.45) is 0 Å². The van der Waals surface area contributed by atoms with E-state index in [0.717, 1.165) is 0 Å². The molecule has 2 N–H and O–H groups in total. The van der Waals surface area contributed by atoms with E-state index in [1.165, 1.54) is 0 Å². The molecule has 0 aliphatic rings. The van der Waals surface area contributed by atoms with Crippen LogP contribution < -0.4 is 5.32 Å². The molecule has 0 heterocycles. The Morgan fingerprint density at radius 1 is 1.19 bits per heavy atom. The molecule has 5 heteroatoms. The lowest BCUT2D eigenvalue weighted by atomic mass is 10.2. The van der Waals surface area contributed by atoms with Crippen LogP contribution in [0.1, 0.15) is 34.6 Å². The smallest absolute Gasteiger partial charge is 0.317 e. The maximum atomic E-state index is 11.7. The molecule has 0 aromatic rings. The standard InChI is InChI=1S/C11H22N2O3/c1-7(2)12-11(16)9(5)13(8(3)4)6-10(14)15/h7-9H,6H2,1-5H3,(H,12,16)(H,14,15). The van der Waals surface area contributed by atoms with Gasteiger partial charge in [-0.2, -0.15) is 0 Å². The van der Waals surface area contributed by atoms with Gasteiger partial charge in [0.05, 0.1) is 12.6 Å². The maximum Gasteiger partial charge on any atom is 0.317 e. The van der Waals surface area contributed by atoms with Crippen molar-refractivity contribution in [3.05, 3.63) is 0 Å². The van der Waals surface area contributed by atoms with Crippen LogP contribution in [0.15, 0.2) is 0 Å². The molecule has 0 saturated heterocycles. The Morgan fingerprint density at radius 2 is 1.69 bits per heavy atom. The van der Waals surface area contributed by atoms with Crippen LogP contribution in [0.4, 0.5) is 0 Å². The number of hydrogen-bond donors (Lipinski definition) is 2. The number of carbonyl (C=O) groups excluding carboxylic acids is 1. The highest BCUT2D eigenvalue weighted by Crippen LogP contribution is 2.05. The molecule has 0 radical (unpaired) electrons. The van der Waals surface area contributed by atoms with Crippen molar-refractivity contribution in [1.29, 1.82) is 0 Å². The van der Waals surface area contributed by atoms with Crippen LogP contribution in [-0.2, 0) is 9.59 Å². The Bertz CT molecular complexity index is 252. The zero-order valence-corrected chi connectivity index (χ0v) is 10.7. The molecule has 0 aromatic heterocycles.